The normalized spacial score (nSPS) is 17.4. The highest BCUT2D eigenvalue weighted by Gasteiger charge is 2.45. The number of carbonyl (C=O) groups excluding carboxylic acids is 1. The molecule has 0 spiro atoms. The van der Waals surface area contributed by atoms with E-state index in [-0.39, 0.29) is 12.8 Å². The fourth-order valence-electron chi connectivity index (χ4n) is 2.42. The largest absolute Gasteiger partial charge is 0.342 e. The lowest BCUT2D eigenvalue weighted by atomic mass is 9.88. The van der Waals surface area contributed by atoms with Crippen LogP contribution < -0.4 is 10.6 Å². The van der Waals surface area contributed by atoms with Crippen molar-refractivity contribution < 1.29 is 13.6 Å². The zero-order valence-corrected chi connectivity index (χ0v) is 11.3. The zero-order valence-electron chi connectivity index (χ0n) is 11.3. The van der Waals surface area contributed by atoms with E-state index in [1.165, 1.54) is 0 Å². The number of amides is 2. The van der Waals surface area contributed by atoms with E-state index in [1.807, 2.05) is 24.3 Å². The van der Waals surface area contributed by atoms with Crippen LogP contribution in [0.4, 0.5) is 13.6 Å². The Kier molecular flexibility index (Phi) is 3.48. The number of H-pyrrole nitrogens is 1. The van der Waals surface area contributed by atoms with Gasteiger partial charge in [0, 0.05) is 31.8 Å². The van der Waals surface area contributed by atoms with Gasteiger partial charge >= 0.3 is 6.03 Å². The fraction of sp³-hybridized carbons (Fsp3) is 0.429. The van der Waals surface area contributed by atoms with Crippen LogP contribution in [0.1, 0.15) is 18.7 Å². The van der Waals surface area contributed by atoms with Crippen molar-refractivity contribution in [2.45, 2.75) is 31.2 Å². The standard InChI is InChI=1S/C14H16F2N4O/c15-14(16)7-9(8-14)18-13(21)17-6-5-12-19-10-3-1-2-4-11(10)20-12/h1-4,9H,5-8H2,(H,19,20)(H2,17,18,21). The Hall–Kier alpha value is -2.18. The van der Waals surface area contributed by atoms with Gasteiger partial charge in [-0.2, -0.15) is 0 Å². The van der Waals surface area contributed by atoms with Crippen molar-refractivity contribution in [1.29, 1.82) is 0 Å². The topological polar surface area (TPSA) is 69.8 Å². The Balaban J connectivity index is 1.42. The molecule has 3 N–H and O–H groups in total. The number of aromatic nitrogens is 2. The molecule has 2 aromatic rings. The number of urea groups is 1. The molecule has 1 aliphatic rings. The molecule has 0 aliphatic heterocycles. The minimum Gasteiger partial charge on any atom is -0.342 e. The first-order valence-electron chi connectivity index (χ1n) is 6.88. The van der Waals surface area contributed by atoms with Crippen LogP contribution in [0.15, 0.2) is 24.3 Å². The van der Waals surface area contributed by atoms with Gasteiger partial charge in [0.1, 0.15) is 5.82 Å². The number of imidazole rings is 1. The van der Waals surface area contributed by atoms with Crippen LogP contribution in [-0.2, 0) is 6.42 Å². The molecule has 0 bridgehead atoms. The average Bonchev–Trinajstić information content (AvgIpc) is 2.79. The Labute approximate surface area is 120 Å². The fourth-order valence-corrected chi connectivity index (χ4v) is 2.42. The quantitative estimate of drug-likeness (QED) is 0.809. The molecular weight excluding hydrogens is 278 g/mol. The number of hydrogen-bond acceptors (Lipinski definition) is 2. The van der Waals surface area contributed by atoms with Crippen molar-refractivity contribution in [3.63, 3.8) is 0 Å². The molecule has 0 saturated heterocycles. The van der Waals surface area contributed by atoms with Gasteiger partial charge in [0.05, 0.1) is 11.0 Å². The molecule has 1 aromatic heterocycles. The second-order valence-electron chi connectivity index (χ2n) is 5.31. The van der Waals surface area contributed by atoms with Gasteiger partial charge in [-0.3, -0.25) is 0 Å². The molecule has 1 saturated carbocycles. The molecule has 0 radical (unpaired) electrons. The summed E-state index contributed by atoms with van der Waals surface area (Å²) in [6.45, 7) is 0.398. The van der Waals surface area contributed by atoms with Crippen LogP contribution in [0, 0.1) is 0 Å². The molecule has 0 atom stereocenters. The van der Waals surface area contributed by atoms with Gasteiger partial charge < -0.3 is 15.6 Å². The summed E-state index contributed by atoms with van der Waals surface area (Å²) in [6.07, 6.45) is 0.0108. The molecular formula is C14H16F2N4O. The van der Waals surface area contributed by atoms with Crippen molar-refractivity contribution in [3.05, 3.63) is 30.1 Å². The molecule has 21 heavy (non-hydrogen) atoms. The first kappa shape index (κ1) is 13.8. The van der Waals surface area contributed by atoms with E-state index >= 15 is 0 Å². The molecule has 7 heteroatoms. The first-order chi connectivity index (χ1) is 10.0. The number of alkyl halides is 2. The van der Waals surface area contributed by atoms with Crippen molar-refractivity contribution in [1.82, 2.24) is 20.6 Å². The maximum Gasteiger partial charge on any atom is 0.315 e. The molecule has 112 valence electrons. The van der Waals surface area contributed by atoms with Crippen LogP contribution >= 0.6 is 0 Å². The number of nitrogens with one attached hydrogen (secondary N) is 3. The van der Waals surface area contributed by atoms with Gasteiger partial charge in [0.25, 0.3) is 5.92 Å². The van der Waals surface area contributed by atoms with Gasteiger partial charge in [-0.1, -0.05) is 12.1 Å². The number of carbonyl (C=O) groups is 1. The highest BCUT2D eigenvalue weighted by Crippen LogP contribution is 2.37. The van der Waals surface area contributed by atoms with Gasteiger partial charge in [-0.25, -0.2) is 18.6 Å². The third-order valence-electron chi connectivity index (χ3n) is 3.51. The summed E-state index contributed by atoms with van der Waals surface area (Å²) in [4.78, 5) is 19.1. The Morgan fingerprint density at radius 1 is 1.38 bits per heavy atom. The minimum absolute atomic E-state index is 0.274. The third kappa shape index (κ3) is 3.29. The molecule has 5 nitrogen and oxygen atoms in total. The predicted octanol–water partition coefficient (Wildman–Crippen LogP) is 2.20. The SMILES string of the molecule is O=C(NCCc1nc2ccccc2[nH]1)NC1CC(F)(F)C1. The number of rotatable bonds is 4. The monoisotopic (exact) mass is 294 g/mol. The number of aromatic amines is 1. The minimum atomic E-state index is -2.62. The first-order valence-corrected chi connectivity index (χ1v) is 6.88. The number of nitrogens with zero attached hydrogens (tertiary/aromatic N) is 1. The zero-order chi connectivity index (χ0) is 14.9. The molecule has 1 fully saturated rings. The number of hydrogen-bond donors (Lipinski definition) is 3. The van der Waals surface area contributed by atoms with Crippen LogP contribution in [0.2, 0.25) is 0 Å². The van der Waals surface area contributed by atoms with E-state index < -0.39 is 18.0 Å². The lowest BCUT2D eigenvalue weighted by Gasteiger charge is -2.35. The highest BCUT2D eigenvalue weighted by molar-refractivity contribution is 5.75. The molecule has 1 aromatic carbocycles. The van der Waals surface area contributed by atoms with E-state index in [1.54, 1.807) is 0 Å². The van der Waals surface area contributed by atoms with Crippen molar-refractivity contribution in [2.75, 3.05) is 6.54 Å². The van der Waals surface area contributed by atoms with Gasteiger partial charge in [-0.15, -0.1) is 0 Å². The summed E-state index contributed by atoms with van der Waals surface area (Å²) in [5, 5.41) is 5.17. The Morgan fingerprint density at radius 3 is 2.86 bits per heavy atom. The van der Waals surface area contributed by atoms with Crippen LogP contribution in [0.5, 0.6) is 0 Å². The Morgan fingerprint density at radius 2 is 2.14 bits per heavy atom. The van der Waals surface area contributed by atoms with E-state index in [9.17, 15) is 13.6 Å². The molecule has 1 aliphatic carbocycles. The lowest BCUT2D eigenvalue weighted by molar-refractivity contribution is -0.0896. The van der Waals surface area contributed by atoms with Crippen LogP contribution in [0.25, 0.3) is 11.0 Å². The second-order valence-corrected chi connectivity index (χ2v) is 5.31. The van der Waals surface area contributed by atoms with E-state index in [4.69, 9.17) is 0 Å². The summed E-state index contributed by atoms with van der Waals surface area (Å²) in [5.41, 5.74) is 1.84. The lowest BCUT2D eigenvalue weighted by Crippen LogP contribution is -2.53. The second kappa shape index (κ2) is 5.31. The predicted molar refractivity (Wildman–Crippen MR) is 74.3 cm³/mol. The molecule has 2 amide bonds. The summed E-state index contributed by atoms with van der Waals surface area (Å²) in [7, 11) is 0. The van der Waals surface area contributed by atoms with E-state index in [0.717, 1.165) is 16.9 Å². The number of fused-ring (bicyclic) bond motifs is 1. The van der Waals surface area contributed by atoms with Crippen molar-refractivity contribution in [3.8, 4) is 0 Å². The number of halogens is 2. The highest BCUT2D eigenvalue weighted by atomic mass is 19.3. The van der Waals surface area contributed by atoms with Crippen LogP contribution in [-0.4, -0.2) is 34.5 Å². The van der Waals surface area contributed by atoms with Gasteiger partial charge in [0.2, 0.25) is 0 Å². The summed E-state index contributed by atoms with van der Waals surface area (Å²) in [5.74, 6) is -1.83. The number of para-hydroxylation sites is 2. The van der Waals surface area contributed by atoms with E-state index in [0.29, 0.717) is 13.0 Å². The summed E-state index contributed by atoms with van der Waals surface area (Å²) in [6, 6.07) is 6.84. The molecule has 3 rings (SSSR count). The average molecular weight is 294 g/mol. The summed E-state index contributed by atoms with van der Waals surface area (Å²) >= 11 is 0. The van der Waals surface area contributed by atoms with E-state index in [2.05, 4.69) is 20.6 Å². The molecule has 1 heterocycles. The maximum absolute atomic E-state index is 12.6. The smallest absolute Gasteiger partial charge is 0.315 e. The van der Waals surface area contributed by atoms with Crippen molar-refractivity contribution >= 4 is 17.1 Å². The summed E-state index contributed by atoms with van der Waals surface area (Å²) < 4.78 is 25.3. The van der Waals surface area contributed by atoms with Gasteiger partial charge in [0.15, 0.2) is 0 Å². The Bertz CT molecular complexity index is 614. The van der Waals surface area contributed by atoms with Crippen LogP contribution in [0.3, 0.4) is 0 Å². The van der Waals surface area contributed by atoms with Gasteiger partial charge in [-0.05, 0) is 12.1 Å². The molecule has 0 unspecified atom stereocenters. The number of benzene rings is 1. The third-order valence-corrected chi connectivity index (χ3v) is 3.51. The van der Waals surface area contributed by atoms with Crippen molar-refractivity contribution in [2.24, 2.45) is 0 Å². The maximum atomic E-state index is 12.6.